The first-order chi connectivity index (χ1) is 28.9. The molecule has 0 bridgehead atoms. The predicted octanol–water partition coefficient (Wildman–Crippen LogP) is 5.30. The summed E-state index contributed by atoms with van der Waals surface area (Å²) in [6.45, 7) is 3.09. The largest absolute Gasteiger partial charge is 0.497 e. The van der Waals surface area contributed by atoms with Crippen LogP contribution in [0.3, 0.4) is 0 Å². The van der Waals surface area contributed by atoms with E-state index in [1.54, 1.807) is 14.2 Å². The Morgan fingerprint density at radius 3 is 1.80 bits per heavy atom. The van der Waals surface area contributed by atoms with Gasteiger partial charge in [-0.05, 0) is 60.2 Å². The molecule has 1 aliphatic heterocycles. The SMILES string of the molecule is COc1ccc(C(OC[C@@H](O)COCCCCCCCO[C@@H]2O[C@H](CCC(=O)O)[C@@H](OC(C)=O)[C@H](OC(C)=O)[C@H]2CC(N)=O)(c2ccccc2)c2ccc(OC)cc2)cc1. The molecule has 0 saturated carbocycles. The number of esters is 2. The quantitative estimate of drug-likeness (QED) is 0.0533. The molecule has 0 radical (unpaired) electrons. The van der Waals surface area contributed by atoms with Crippen LogP contribution in [0.15, 0.2) is 78.9 Å². The maximum absolute atomic E-state index is 12.1. The fourth-order valence-corrected chi connectivity index (χ4v) is 7.35. The van der Waals surface area contributed by atoms with Gasteiger partial charge in [0.2, 0.25) is 5.91 Å². The van der Waals surface area contributed by atoms with Crippen LogP contribution in [0.25, 0.3) is 0 Å². The van der Waals surface area contributed by atoms with Crippen molar-refractivity contribution in [3.05, 3.63) is 95.6 Å². The summed E-state index contributed by atoms with van der Waals surface area (Å²) in [5.74, 6) is -2.65. The van der Waals surface area contributed by atoms with Crippen LogP contribution in [0.5, 0.6) is 11.5 Å². The van der Waals surface area contributed by atoms with Gasteiger partial charge in [0.25, 0.3) is 0 Å². The molecule has 60 heavy (non-hydrogen) atoms. The Morgan fingerprint density at radius 1 is 0.733 bits per heavy atom. The van der Waals surface area contributed by atoms with E-state index >= 15 is 0 Å². The van der Waals surface area contributed by atoms with Crippen molar-refractivity contribution >= 4 is 23.8 Å². The third kappa shape index (κ3) is 14.0. The van der Waals surface area contributed by atoms with E-state index in [0.717, 1.165) is 42.4 Å². The van der Waals surface area contributed by atoms with Crippen molar-refractivity contribution in [1.29, 1.82) is 0 Å². The van der Waals surface area contributed by atoms with Gasteiger partial charge in [0.05, 0.1) is 33.4 Å². The number of primary amides is 1. The number of carbonyl (C=O) groups excluding carboxylic acids is 3. The molecular weight excluding hydrogens is 778 g/mol. The summed E-state index contributed by atoms with van der Waals surface area (Å²) in [5.41, 5.74) is 7.05. The Labute approximate surface area is 351 Å². The van der Waals surface area contributed by atoms with Gasteiger partial charge in [-0.25, -0.2) is 0 Å². The Kier molecular flexibility index (Phi) is 19.3. The number of hydrogen-bond acceptors (Lipinski definition) is 13. The number of unbranched alkanes of at least 4 members (excludes halogenated alkanes) is 4. The zero-order valence-corrected chi connectivity index (χ0v) is 34.8. The van der Waals surface area contributed by atoms with Crippen molar-refractivity contribution < 1.29 is 67.3 Å². The van der Waals surface area contributed by atoms with Gasteiger partial charge in [-0.1, -0.05) is 73.9 Å². The first kappa shape index (κ1) is 47.6. The molecule has 15 nitrogen and oxygen atoms in total. The molecule has 1 saturated heterocycles. The fourth-order valence-electron chi connectivity index (χ4n) is 7.35. The number of rotatable bonds is 26. The van der Waals surface area contributed by atoms with Gasteiger partial charge in [0.1, 0.15) is 35.4 Å². The number of ether oxygens (including phenoxy) is 8. The molecule has 3 aromatic carbocycles. The van der Waals surface area contributed by atoms with Crippen molar-refractivity contribution in [3.8, 4) is 11.5 Å². The van der Waals surface area contributed by atoms with Crippen LogP contribution in [-0.2, 0) is 53.2 Å². The second kappa shape index (κ2) is 24.3. The molecule has 4 rings (SSSR count). The molecule has 1 aliphatic rings. The van der Waals surface area contributed by atoms with Crippen molar-refractivity contribution in [2.45, 2.75) is 102 Å². The number of aliphatic hydroxyl groups is 1. The number of hydrogen-bond donors (Lipinski definition) is 3. The molecule has 0 aliphatic carbocycles. The molecule has 1 heterocycles. The lowest BCUT2D eigenvalue weighted by Gasteiger charge is -2.45. The van der Waals surface area contributed by atoms with Crippen LogP contribution in [0.1, 0.15) is 81.9 Å². The lowest BCUT2D eigenvalue weighted by atomic mass is 9.80. The van der Waals surface area contributed by atoms with Gasteiger partial charge in [-0.3, -0.25) is 19.2 Å². The molecular formula is C45H59NO14. The van der Waals surface area contributed by atoms with Crippen LogP contribution >= 0.6 is 0 Å². The minimum absolute atomic E-state index is 0.00963. The highest BCUT2D eigenvalue weighted by atomic mass is 16.7. The summed E-state index contributed by atoms with van der Waals surface area (Å²) < 4.78 is 46.5. The van der Waals surface area contributed by atoms with Gasteiger partial charge in [-0.15, -0.1) is 0 Å². The van der Waals surface area contributed by atoms with E-state index in [4.69, 9.17) is 43.6 Å². The average Bonchev–Trinajstić information content (AvgIpc) is 3.23. The van der Waals surface area contributed by atoms with E-state index < -0.39 is 66.0 Å². The Morgan fingerprint density at radius 2 is 1.27 bits per heavy atom. The second-order valence-electron chi connectivity index (χ2n) is 14.6. The molecule has 1 amide bonds. The zero-order chi connectivity index (χ0) is 43.5. The summed E-state index contributed by atoms with van der Waals surface area (Å²) in [6.07, 6.45) is -1.97. The summed E-state index contributed by atoms with van der Waals surface area (Å²) in [5, 5.41) is 20.3. The number of aliphatic hydroxyl groups excluding tert-OH is 1. The van der Waals surface area contributed by atoms with Gasteiger partial charge in [-0.2, -0.15) is 0 Å². The molecule has 0 spiro atoms. The first-order valence-corrected chi connectivity index (χ1v) is 20.2. The van der Waals surface area contributed by atoms with Crippen LogP contribution in [0.4, 0.5) is 0 Å². The highest BCUT2D eigenvalue weighted by Gasteiger charge is 2.50. The Balaban J connectivity index is 1.27. The fraction of sp³-hybridized carbons (Fsp3) is 0.511. The van der Waals surface area contributed by atoms with Crippen LogP contribution in [0, 0.1) is 5.92 Å². The van der Waals surface area contributed by atoms with Gasteiger partial charge >= 0.3 is 17.9 Å². The number of amides is 1. The van der Waals surface area contributed by atoms with Crippen LogP contribution < -0.4 is 15.2 Å². The minimum Gasteiger partial charge on any atom is -0.497 e. The highest BCUT2D eigenvalue weighted by Crippen LogP contribution is 2.42. The standard InChI is InChI=1S/C45H59NO14/c1-30(47)58-42-38(27-40(46)50)44(60-39(23-24-41(51)52)43(42)59-31(2)48)56-26-12-7-5-6-11-25-55-28-35(49)29-57-45(32-13-9-8-10-14-32,33-15-19-36(53-3)20-16-33)34-17-21-37(54-4)22-18-34/h8-10,13-22,35,38-39,42-44,49H,5-7,11-12,23-29H2,1-4H3,(H2,46,50)(H,51,52)/t35-,38+,39+,42+,43+,44+/m0/s1. The van der Waals surface area contributed by atoms with Crippen molar-refractivity contribution in [1.82, 2.24) is 0 Å². The number of carboxylic acids is 1. The third-order valence-corrected chi connectivity index (χ3v) is 10.1. The number of carboxylic acid groups (broad SMARTS) is 1. The summed E-state index contributed by atoms with van der Waals surface area (Å²) in [7, 11) is 3.23. The Hall–Kier alpha value is -5.06. The van der Waals surface area contributed by atoms with Crippen molar-refractivity contribution in [2.75, 3.05) is 40.6 Å². The number of aliphatic carboxylic acids is 1. The molecule has 0 unspecified atom stereocenters. The number of methoxy groups -OCH3 is 2. The van der Waals surface area contributed by atoms with Crippen molar-refractivity contribution in [2.24, 2.45) is 11.7 Å². The third-order valence-electron chi connectivity index (χ3n) is 10.1. The zero-order valence-electron chi connectivity index (χ0n) is 34.8. The van der Waals surface area contributed by atoms with E-state index in [2.05, 4.69) is 0 Å². The minimum atomic E-state index is -1.16. The number of carbonyl (C=O) groups is 4. The summed E-state index contributed by atoms with van der Waals surface area (Å²) in [4.78, 5) is 47.4. The smallest absolute Gasteiger partial charge is 0.303 e. The molecule has 3 aromatic rings. The molecule has 0 aromatic heterocycles. The molecule has 1 fully saturated rings. The maximum atomic E-state index is 12.1. The lowest BCUT2D eigenvalue weighted by molar-refractivity contribution is -0.287. The van der Waals surface area contributed by atoms with Crippen LogP contribution in [0.2, 0.25) is 0 Å². The van der Waals surface area contributed by atoms with Crippen molar-refractivity contribution in [3.63, 3.8) is 0 Å². The second-order valence-corrected chi connectivity index (χ2v) is 14.6. The summed E-state index contributed by atoms with van der Waals surface area (Å²) >= 11 is 0. The molecule has 6 atom stereocenters. The first-order valence-electron chi connectivity index (χ1n) is 20.2. The predicted molar refractivity (Wildman–Crippen MR) is 218 cm³/mol. The number of nitrogens with two attached hydrogens (primary N) is 1. The number of benzene rings is 3. The summed E-state index contributed by atoms with van der Waals surface area (Å²) in [6, 6.07) is 25.2. The maximum Gasteiger partial charge on any atom is 0.303 e. The highest BCUT2D eigenvalue weighted by molar-refractivity contribution is 5.74. The van der Waals surface area contributed by atoms with E-state index in [1.807, 2.05) is 78.9 Å². The normalized spacial score (nSPS) is 19.5. The van der Waals surface area contributed by atoms with Gasteiger partial charge in [0.15, 0.2) is 12.4 Å². The molecule has 328 valence electrons. The van der Waals surface area contributed by atoms with E-state index in [9.17, 15) is 29.4 Å². The molecule has 15 heteroatoms. The monoisotopic (exact) mass is 837 g/mol. The van der Waals surface area contributed by atoms with Gasteiger partial charge in [0, 0.05) is 39.9 Å². The van der Waals surface area contributed by atoms with Crippen LogP contribution in [-0.4, -0.2) is 105 Å². The van der Waals surface area contributed by atoms with Gasteiger partial charge < -0.3 is 53.8 Å². The Bertz CT molecular complexity index is 1720. The lowest BCUT2D eigenvalue weighted by Crippen LogP contribution is -2.58. The van der Waals surface area contributed by atoms with E-state index in [-0.39, 0.29) is 39.1 Å². The topological polar surface area (TPSA) is 209 Å². The van der Waals surface area contributed by atoms with E-state index in [1.165, 1.54) is 13.8 Å². The average molecular weight is 838 g/mol. The van der Waals surface area contributed by atoms with E-state index in [0.29, 0.717) is 24.5 Å². The molecule has 4 N–H and O–H groups in total.